The highest BCUT2D eigenvalue weighted by molar-refractivity contribution is 4.89. The maximum Gasteiger partial charge on any atom is 0.0700 e. The van der Waals surface area contributed by atoms with Crippen molar-refractivity contribution in [3.05, 3.63) is 0 Å². The van der Waals surface area contributed by atoms with Crippen molar-refractivity contribution < 1.29 is 4.74 Å². The number of piperidine rings is 1. The van der Waals surface area contributed by atoms with Crippen LogP contribution in [0.4, 0.5) is 0 Å². The number of hydrogen-bond donors (Lipinski definition) is 0. The van der Waals surface area contributed by atoms with Crippen LogP contribution in [0, 0.1) is 0 Å². The van der Waals surface area contributed by atoms with Gasteiger partial charge in [-0.1, -0.05) is 26.2 Å². The van der Waals surface area contributed by atoms with Gasteiger partial charge in [-0.25, -0.2) is 0 Å². The van der Waals surface area contributed by atoms with Gasteiger partial charge < -0.3 is 9.64 Å². The van der Waals surface area contributed by atoms with Crippen molar-refractivity contribution in [1.29, 1.82) is 0 Å². The van der Waals surface area contributed by atoms with Crippen molar-refractivity contribution >= 4 is 0 Å². The molecule has 1 aliphatic heterocycles. The molecule has 1 saturated carbocycles. The lowest BCUT2D eigenvalue weighted by Crippen LogP contribution is -2.49. The molecule has 0 spiro atoms. The standard InChI is InChI=1S/C14H27NO/c1-3-14(16-2)9-11-15(12-10-14)13-7-5-4-6-8-13/h13H,3-12H2,1-2H3. The summed E-state index contributed by atoms with van der Waals surface area (Å²) in [4.78, 5) is 2.73. The van der Waals surface area contributed by atoms with Gasteiger partial charge in [0.1, 0.15) is 0 Å². The van der Waals surface area contributed by atoms with E-state index in [0.29, 0.717) is 0 Å². The lowest BCUT2D eigenvalue weighted by atomic mass is 9.86. The average molecular weight is 225 g/mol. The summed E-state index contributed by atoms with van der Waals surface area (Å²) in [7, 11) is 1.89. The Labute approximate surface area is 100 Å². The van der Waals surface area contributed by atoms with Gasteiger partial charge >= 0.3 is 0 Å². The topological polar surface area (TPSA) is 12.5 Å². The van der Waals surface area contributed by atoms with E-state index in [1.165, 1.54) is 64.5 Å². The average Bonchev–Trinajstić information content (AvgIpc) is 2.40. The highest BCUT2D eigenvalue weighted by atomic mass is 16.5. The summed E-state index contributed by atoms with van der Waals surface area (Å²) in [6, 6.07) is 0.889. The minimum absolute atomic E-state index is 0.200. The molecular formula is C14H27NO. The van der Waals surface area contributed by atoms with Crippen LogP contribution in [0.25, 0.3) is 0 Å². The zero-order chi connectivity index (χ0) is 11.4. The first-order chi connectivity index (χ1) is 7.79. The Morgan fingerprint density at radius 1 is 1.12 bits per heavy atom. The fourth-order valence-electron chi connectivity index (χ4n) is 3.44. The van der Waals surface area contributed by atoms with E-state index in [1.54, 1.807) is 0 Å². The monoisotopic (exact) mass is 225 g/mol. The van der Waals surface area contributed by atoms with Gasteiger partial charge in [0, 0.05) is 26.2 Å². The van der Waals surface area contributed by atoms with Gasteiger partial charge in [0.2, 0.25) is 0 Å². The molecular weight excluding hydrogens is 198 g/mol. The molecule has 2 heteroatoms. The van der Waals surface area contributed by atoms with Crippen LogP contribution in [0.2, 0.25) is 0 Å². The third-order valence-corrected chi connectivity index (χ3v) is 4.88. The Balaban J connectivity index is 1.84. The lowest BCUT2D eigenvalue weighted by Gasteiger charge is -2.44. The summed E-state index contributed by atoms with van der Waals surface area (Å²) in [6.07, 6.45) is 10.9. The number of nitrogens with zero attached hydrogens (tertiary/aromatic N) is 1. The Kier molecular flexibility index (Phi) is 4.26. The Morgan fingerprint density at radius 2 is 1.75 bits per heavy atom. The van der Waals surface area contributed by atoms with Gasteiger partial charge in [-0.05, 0) is 32.1 Å². The molecule has 0 radical (unpaired) electrons. The predicted molar refractivity (Wildman–Crippen MR) is 67.7 cm³/mol. The van der Waals surface area contributed by atoms with E-state index in [4.69, 9.17) is 4.74 Å². The van der Waals surface area contributed by atoms with Crippen molar-refractivity contribution in [2.75, 3.05) is 20.2 Å². The molecule has 0 aromatic rings. The van der Waals surface area contributed by atoms with Crippen molar-refractivity contribution in [3.63, 3.8) is 0 Å². The van der Waals surface area contributed by atoms with Crippen LogP contribution in [0.15, 0.2) is 0 Å². The third-order valence-electron chi connectivity index (χ3n) is 4.88. The van der Waals surface area contributed by atoms with E-state index in [0.717, 1.165) is 6.04 Å². The number of hydrogen-bond acceptors (Lipinski definition) is 2. The molecule has 0 aromatic carbocycles. The second-order valence-corrected chi connectivity index (χ2v) is 5.57. The maximum absolute atomic E-state index is 5.74. The second kappa shape index (κ2) is 5.50. The summed E-state index contributed by atoms with van der Waals surface area (Å²) >= 11 is 0. The van der Waals surface area contributed by atoms with Crippen LogP contribution >= 0.6 is 0 Å². The molecule has 0 N–H and O–H groups in total. The van der Waals surface area contributed by atoms with Gasteiger partial charge in [-0.3, -0.25) is 0 Å². The van der Waals surface area contributed by atoms with Crippen molar-refractivity contribution in [3.8, 4) is 0 Å². The van der Waals surface area contributed by atoms with Crippen LogP contribution in [0.3, 0.4) is 0 Å². The van der Waals surface area contributed by atoms with Crippen molar-refractivity contribution in [1.82, 2.24) is 4.90 Å². The molecule has 2 nitrogen and oxygen atoms in total. The van der Waals surface area contributed by atoms with Crippen LogP contribution in [0.1, 0.15) is 58.3 Å². The molecule has 0 bridgehead atoms. The minimum atomic E-state index is 0.200. The molecule has 0 atom stereocenters. The molecule has 2 rings (SSSR count). The number of ether oxygens (including phenoxy) is 1. The van der Waals surface area contributed by atoms with E-state index in [2.05, 4.69) is 11.8 Å². The van der Waals surface area contributed by atoms with Crippen LogP contribution in [-0.2, 0) is 4.74 Å². The van der Waals surface area contributed by atoms with Crippen LogP contribution in [-0.4, -0.2) is 36.7 Å². The Bertz CT molecular complexity index is 197. The summed E-state index contributed by atoms with van der Waals surface area (Å²) in [6.45, 7) is 4.78. The normalized spacial score (nSPS) is 28.1. The molecule has 0 amide bonds. The van der Waals surface area contributed by atoms with Gasteiger partial charge in [-0.15, -0.1) is 0 Å². The Hall–Kier alpha value is -0.0800. The fourth-order valence-corrected chi connectivity index (χ4v) is 3.44. The largest absolute Gasteiger partial charge is 0.378 e. The van der Waals surface area contributed by atoms with Gasteiger partial charge in [-0.2, -0.15) is 0 Å². The van der Waals surface area contributed by atoms with E-state index in [9.17, 15) is 0 Å². The molecule has 1 saturated heterocycles. The van der Waals surface area contributed by atoms with Crippen LogP contribution < -0.4 is 0 Å². The molecule has 94 valence electrons. The zero-order valence-electron chi connectivity index (χ0n) is 11.0. The molecule has 2 aliphatic rings. The van der Waals surface area contributed by atoms with E-state index >= 15 is 0 Å². The first-order valence-corrected chi connectivity index (χ1v) is 7.09. The SMILES string of the molecule is CCC1(OC)CCN(C2CCCCC2)CC1. The molecule has 0 unspecified atom stereocenters. The van der Waals surface area contributed by atoms with Crippen molar-refractivity contribution in [2.24, 2.45) is 0 Å². The van der Waals surface area contributed by atoms with Gasteiger partial charge in [0.05, 0.1) is 5.60 Å². The first-order valence-electron chi connectivity index (χ1n) is 7.09. The highest BCUT2D eigenvalue weighted by Crippen LogP contribution is 2.32. The first kappa shape index (κ1) is 12.4. The molecule has 16 heavy (non-hydrogen) atoms. The van der Waals surface area contributed by atoms with E-state index < -0.39 is 0 Å². The summed E-state index contributed by atoms with van der Waals surface area (Å²) < 4.78 is 5.74. The van der Waals surface area contributed by atoms with E-state index in [1.807, 2.05) is 7.11 Å². The fraction of sp³-hybridized carbons (Fsp3) is 1.00. The van der Waals surface area contributed by atoms with Gasteiger partial charge in [0.15, 0.2) is 0 Å². The van der Waals surface area contributed by atoms with Crippen molar-refractivity contribution in [2.45, 2.75) is 69.9 Å². The maximum atomic E-state index is 5.74. The van der Waals surface area contributed by atoms with Crippen LogP contribution in [0.5, 0.6) is 0 Å². The predicted octanol–water partition coefficient (Wildman–Crippen LogP) is 3.21. The number of methoxy groups -OCH3 is 1. The summed E-state index contributed by atoms with van der Waals surface area (Å²) in [5.41, 5.74) is 0.200. The zero-order valence-corrected chi connectivity index (χ0v) is 11.0. The van der Waals surface area contributed by atoms with Gasteiger partial charge in [0.25, 0.3) is 0 Å². The quantitative estimate of drug-likeness (QED) is 0.731. The molecule has 2 fully saturated rings. The minimum Gasteiger partial charge on any atom is -0.378 e. The number of rotatable bonds is 3. The molecule has 1 aliphatic carbocycles. The summed E-state index contributed by atoms with van der Waals surface area (Å²) in [5.74, 6) is 0. The summed E-state index contributed by atoms with van der Waals surface area (Å²) in [5, 5.41) is 0. The molecule has 1 heterocycles. The number of likely N-dealkylation sites (tertiary alicyclic amines) is 1. The lowest BCUT2D eigenvalue weighted by molar-refractivity contribution is -0.0682. The third kappa shape index (κ3) is 2.60. The smallest absolute Gasteiger partial charge is 0.0700 e. The molecule has 0 aromatic heterocycles. The Morgan fingerprint density at radius 3 is 2.25 bits per heavy atom. The highest BCUT2D eigenvalue weighted by Gasteiger charge is 2.35. The van der Waals surface area contributed by atoms with E-state index in [-0.39, 0.29) is 5.60 Å². The second-order valence-electron chi connectivity index (χ2n) is 5.57.